The zero-order valence-electron chi connectivity index (χ0n) is 16.3. The van der Waals surface area contributed by atoms with Gasteiger partial charge in [-0.25, -0.2) is 0 Å². The molecule has 0 spiro atoms. The summed E-state index contributed by atoms with van der Waals surface area (Å²) in [6.45, 7) is 2.28. The topological polar surface area (TPSA) is 74.6 Å². The zero-order chi connectivity index (χ0) is 17.4. The van der Waals surface area contributed by atoms with Crippen LogP contribution in [0.2, 0.25) is 0 Å². The van der Waals surface area contributed by atoms with E-state index in [0.717, 1.165) is 0 Å². The van der Waals surface area contributed by atoms with Gasteiger partial charge in [-0.2, -0.15) is 8.42 Å². The number of unbranched alkanes of at least 4 members (excludes halogenated alkanes) is 9. The van der Waals surface area contributed by atoms with Gasteiger partial charge in [0.2, 0.25) is 0 Å². The van der Waals surface area contributed by atoms with E-state index in [4.69, 9.17) is 17.5 Å². The van der Waals surface area contributed by atoms with Gasteiger partial charge in [0.25, 0.3) is 0 Å². The first-order valence-electron chi connectivity index (χ1n) is 8.67. The molecule has 1 aromatic carbocycles. The quantitative estimate of drug-likeness (QED) is 0.365. The van der Waals surface area contributed by atoms with Crippen LogP contribution in [0.1, 0.15) is 78.1 Å². The first-order chi connectivity index (χ1) is 10.9. The SMILES string of the molecule is CCCCCCCCCCCCc1ccccc1.O=S(=O)(O)O.[H-].[Li+]. The molecule has 0 saturated heterocycles. The second-order valence-electron chi connectivity index (χ2n) is 5.87. The smallest absolute Gasteiger partial charge is 1.00 e. The first-order valence-corrected chi connectivity index (χ1v) is 10.1. The molecular weight excluding hydrogens is 319 g/mol. The van der Waals surface area contributed by atoms with E-state index >= 15 is 0 Å². The third-order valence-electron chi connectivity index (χ3n) is 3.66. The Morgan fingerprint density at radius 2 is 1.17 bits per heavy atom. The summed E-state index contributed by atoms with van der Waals surface area (Å²) in [5.41, 5.74) is 1.50. The molecular formula is C18H33LiO4S. The van der Waals surface area contributed by atoms with Crippen LogP contribution < -0.4 is 18.9 Å². The van der Waals surface area contributed by atoms with Crippen molar-refractivity contribution in [1.82, 2.24) is 0 Å². The Labute approximate surface area is 161 Å². The fourth-order valence-corrected chi connectivity index (χ4v) is 2.46. The molecule has 24 heavy (non-hydrogen) atoms. The van der Waals surface area contributed by atoms with Crippen LogP contribution in [0.15, 0.2) is 30.3 Å². The molecule has 6 heteroatoms. The molecule has 0 bridgehead atoms. The molecule has 0 heterocycles. The summed E-state index contributed by atoms with van der Waals surface area (Å²) < 4.78 is 31.6. The van der Waals surface area contributed by atoms with Crippen LogP contribution in [-0.2, 0) is 16.8 Å². The number of rotatable bonds is 11. The van der Waals surface area contributed by atoms with Crippen molar-refractivity contribution >= 4 is 10.4 Å². The second-order valence-corrected chi connectivity index (χ2v) is 6.76. The minimum absolute atomic E-state index is 0. The Bertz CT molecular complexity index is 461. The van der Waals surface area contributed by atoms with Gasteiger partial charge in [-0.3, -0.25) is 9.11 Å². The fraction of sp³-hybridized carbons (Fsp3) is 0.667. The van der Waals surface area contributed by atoms with Crippen LogP contribution in [0.25, 0.3) is 0 Å². The number of aryl methyl sites for hydroxylation is 1. The average Bonchev–Trinajstić information content (AvgIpc) is 2.48. The van der Waals surface area contributed by atoms with Gasteiger partial charge >= 0.3 is 29.3 Å². The molecule has 0 unspecified atom stereocenters. The third-order valence-corrected chi connectivity index (χ3v) is 3.66. The summed E-state index contributed by atoms with van der Waals surface area (Å²) in [4.78, 5) is 0. The Kier molecular flexibility index (Phi) is 18.9. The molecule has 0 fully saturated rings. The molecule has 0 aromatic heterocycles. The van der Waals surface area contributed by atoms with Crippen LogP contribution in [0.3, 0.4) is 0 Å². The maximum Gasteiger partial charge on any atom is 1.00 e. The van der Waals surface area contributed by atoms with E-state index in [1.165, 1.54) is 76.2 Å². The van der Waals surface area contributed by atoms with Crippen LogP contribution in [-0.4, -0.2) is 17.5 Å². The van der Waals surface area contributed by atoms with Gasteiger partial charge < -0.3 is 1.43 Å². The van der Waals surface area contributed by atoms with Gasteiger partial charge in [-0.15, -0.1) is 0 Å². The molecule has 0 amide bonds. The summed E-state index contributed by atoms with van der Waals surface area (Å²) >= 11 is 0. The summed E-state index contributed by atoms with van der Waals surface area (Å²) in [7, 11) is -4.67. The Morgan fingerprint density at radius 3 is 1.58 bits per heavy atom. The minimum Gasteiger partial charge on any atom is -1.00 e. The Morgan fingerprint density at radius 1 is 0.792 bits per heavy atom. The molecule has 136 valence electrons. The van der Waals surface area contributed by atoms with Crippen molar-refractivity contribution in [1.29, 1.82) is 0 Å². The number of hydrogen-bond acceptors (Lipinski definition) is 2. The standard InChI is InChI=1S/C18H30.Li.H2O4S.H/c1-2-3-4-5-6-7-8-9-10-12-15-18-16-13-11-14-17-18;;1-5(2,3)4;/h11,13-14,16-17H,2-10,12,15H2,1H3;;(H2,1,2,3,4);/q;+1;;-1. The Balaban J connectivity index is -0.000000610. The molecule has 0 radical (unpaired) electrons. The van der Waals surface area contributed by atoms with E-state index in [9.17, 15) is 0 Å². The van der Waals surface area contributed by atoms with E-state index < -0.39 is 10.4 Å². The van der Waals surface area contributed by atoms with Gasteiger partial charge in [0.1, 0.15) is 0 Å². The average molecular weight is 352 g/mol. The van der Waals surface area contributed by atoms with Crippen LogP contribution >= 0.6 is 0 Å². The van der Waals surface area contributed by atoms with E-state index in [-0.39, 0.29) is 20.3 Å². The van der Waals surface area contributed by atoms with Gasteiger partial charge in [0.15, 0.2) is 0 Å². The molecule has 0 atom stereocenters. The van der Waals surface area contributed by atoms with Crippen molar-refractivity contribution < 1.29 is 37.8 Å². The molecule has 0 aliphatic rings. The van der Waals surface area contributed by atoms with Crippen LogP contribution in [0.4, 0.5) is 0 Å². The van der Waals surface area contributed by atoms with Crippen molar-refractivity contribution in [2.45, 2.75) is 77.6 Å². The third kappa shape index (κ3) is 23.9. The first kappa shape index (κ1) is 25.9. The van der Waals surface area contributed by atoms with Crippen molar-refractivity contribution in [3.63, 3.8) is 0 Å². The summed E-state index contributed by atoms with van der Waals surface area (Å²) in [5.74, 6) is 0. The van der Waals surface area contributed by atoms with Gasteiger partial charge in [-0.1, -0.05) is 95.0 Å². The fourth-order valence-electron chi connectivity index (χ4n) is 2.46. The van der Waals surface area contributed by atoms with Gasteiger partial charge in [-0.05, 0) is 18.4 Å². The van der Waals surface area contributed by atoms with Gasteiger partial charge in [0.05, 0.1) is 0 Å². The molecule has 2 N–H and O–H groups in total. The number of hydrogen-bond donors (Lipinski definition) is 2. The van der Waals surface area contributed by atoms with Crippen molar-refractivity contribution in [2.75, 3.05) is 0 Å². The predicted molar refractivity (Wildman–Crippen MR) is 97.3 cm³/mol. The molecule has 0 aliphatic carbocycles. The van der Waals surface area contributed by atoms with Crippen molar-refractivity contribution in [3.8, 4) is 0 Å². The largest absolute Gasteiger partial charge is 1.00 e. The van der Waals surface area contributed by atoms with Crippen molar-refractivity contribution in [3.05, 3.63) is 35.9 Å². The number of benzene rings is 1. The maximum absolute atomic E-state index is 8.74. The monoisotopic (exact) mass is 352 g/mol. The van der Waals surface area contributed by atoms with Crippen LogP contribution in [0, 0.1) is 0 Å². The Hall–Kier alpha value is -0.313. The summed E-state index contributed by atoms with van der Waals surface area (Å²) in [6.07, 6.45) is 15.5. The molecule has 0 aliphatic heterocycles. The molecule has 1 rings (SSSR count). The van der Waals surface area contributed by atoms with Crippen LogP contribution in [0.5, 0.6) is 0 Å². The normalized spacial score (nSPS) is 10.5. The second kappa shape index (κ2) is 17.5. The van der Waals surface area contributed by atoms with Crippen molar-refractivity contribution in [2.24, 2.45) is 0 Å². The van der Waals surface area contributed by atoms with E-state index in [1.807, 2.05) is 0 Å². The van der Waals surface area contributed by atoms with E-state index in [0.29, 0.717) is 0 Å². The summed E-state index contributed by atoms with van der Waals surface area (Å²) in [5, 5.41) is 0. The van der Waals surface area contributed by atoms with E-state index in [2.05, 4.69) is 37.3 Å². The molecule has 4 nitrogen and oxygen atoms in total. The van der Waals surface area contributed by atoms with E-state index in [1.54, 1.807) is 0 Å². The predicted octanol–water partition coefficient (Wildman–Crippen LogP) is 2.61. The molecule has 0 saturated carbocycles. The molecule has 1 aromatic rings. The summed E-state index contributed by atoms with van der Waals surface area (Å²) in [6, 6.07) is 10.9. The minimum atomic E-state index is -4.67. The zero-order valence-corrected chi connectivity index (χ0v) is 16.1. The van der Waals surface area contributed by atoms with Gasteiger partial charge in [0, 0.05) is 0 Å². The maximum atomic E-state index is 8.74.